The summed E-state index contributed by atoms with van der Waals surface area (Å²) in [6.45, 7) is 9.34. The molecule has 2 heterocycles. The Labute approximate surface area is 115 Å². The van der Waals surface area contributed by atoms with E-state index in [4.69, 9.17) is 0 Å². The highest BCUT2D eigenvalue weighted by Crippen LogP contribution is 2.35. The Hall–Kier alpha value is -1.69. The van der Waals surface area contributed by atoms with Gasteiger partial charge in [-0.15, -0.1) is 11.3 Å². The Balaban J connectivity index is 2.79. The molecule has 0 aliphatic carbocycles. The number of fused-ring (bicyclic) bond motifs is 1. The molecule has 0 radical (unpaired) electrons. The number of anilines is 1. The molecule has 0 unspecified atom stereocenters. The van der Waals surface area contributed by atoms with E-state index in [1.807, 2.05) is 20.8 Å². The fourth-order valence-electron chi connectivity index (χ4n) is 2.17. The van der Waals surface area contributed by atoms with Crippen molar-refractivity contribution in [3.05, 3.63) is 16.3 Å². The average molecular weight is 278 g/mol. The van der Waals surface area contributed by atoms with Crippen LogP contribution in [-0.2, 0) is 0 Å². The smallest absolute Gasteiger partial charge is 0.141 e. The molecule has 5 nitrogen and oxygen atoms in total. The molecule has 0 N–H and O–H groups in total. The summed E-state index contributed by atoms with van der Waals surface area (Å²) in [5.74, 6) is 0.318. The van der Waals surface area contributed by atoms with Crippen molar-refractivity contribution >= 4 is 33.3 Å². The van der Waals surface area contributed by atoms with Crippen LogP contribution in [0.3, 0.4) is 0 Å². The molecule has 0 aliphatic rings. The summed E-state index contributed by atoms with van der Waals surface area (Å²) in [7, 11) is 0. The lowest BCUT2D eigenvalue weighted by molar-refractivity contribution is -0.254. The Morgan fingerprint density at radius 2 is 1.89 bits per heavy atom. The molecule has 0 fully saturated rings. The predicted octanol–water partition coefficient (Wildman–Crippen LogP) is 1.52. The number of aryl methyl sites for hydroxylation is 2. The van der Waals surface area contributed by atoms with Crippen molar-refractivity contribution in [2.45, 2.75) is 27.7 Å². The molecule has 102 valence electrons. The highest BCUT2D eigenvalue weighted by atomic mass is 32.1. The number of aromatic nitrogens is 2. The first-order valence-corrected chi connectivity index (χ1v) is 7.05. The summed E-state index contributed by atoms with van der Waals surface area (Å²) in [6, 6.07) is 0. The highest BCUT2D eigenvalue weighted by molar-refractivity contribution is 7.20. The standard InChI is InChI=1S/C13H17N3O2S/c1-5-16(6-2)11-9-7(3)10(13(17)18)19-12(9)15-8(4)14-11/h5-6H2,1-4H3,(H,17,18)/p-1. The van der Waals surface area contributed by atoms with Gasteiger partial charge < -0.3 is 14.8 Å². The van der Waals surface area contributed by atoms with Crippen LogP contribution in [0.2, 0.25) is 0 Å². The molecule has 2 aromatic rings. The van der Waals surface area contributed by atoms with E-state index in [2.05, 4.69) is 14.9 Å². The minimum absolute atomic E-state index is 0.239. The van der Waals surface area contributed by atoms with E-state index in [1.165, 1.54) is 0 Å². The van der Waals surface area contributed by atoms with Crippen molar-refractivity contribution in [1.29, 1.82) is 0 Å². The molecule has 0 spiro atoms. The second-order valence-corrected chi connectivity index (χ2v) is 5.29. The molecular formula is C13H16N3O2S-. The van der Waals surface area contributed by atoms with Crippen molar-refractivity contribution in [3.63, 3.8) is 0 Å². The van der Waals surface area contributed by atoms with Gasteiger partial charge in [0.25, 0.3) is 0 Å². The maximum absolute atomic E-state index is 11.1. The fourth-order valence-corrected chi connectivity index (χ4v) is 3.22. The zero-order valence-corrected chi connectivity index (χ0v) is 12.3. The summed E-state index contributed by atoms with van der Waals surface area (Å²) < 4.78 is 0. The first kappa shape index (κ1) is 13.7. The molecule has 0 saturated carbocycles. The molecule has 19 heavy (non-hydrogen) atoms. The minimum Gasteiger partial charge on any atom is -0.544 e. The van der Waals surface area contributed by atoms with Crippen molar-refractivity contribution in [2.75, 3.05) is 18.0 Å². The second-order valence-electron chi connectivity index (χ2n) is 4.29. The lowest BCUT2D eigenvalue weighted by Crippen LogP contribution is -2.24. The van der Waals surface area contributed by atoms with Crippen molar-refractivity contribution in [1.82, 2.24) is 9.97 Å². The van der Waals surface area contributed by atoms with Crippen molar-refractivity contribution in [2.24, 2.45) is 0 Å². The number of carbonyl (C=O) groups is 1. The van der Waals surface area contributed by atoms with E-state index in [0.29, 0.717) is 16.2 Å². The van der Waals surface area contributed by atoms with Crippen molar-refractivity contribution < 1.29 is 9.90 Å². The van der Waals surface area contributed by atoms with Crippen LogP contribution in [0.15, 0.2) is 0 Å². The van der Waals surface area contributed by atoms with Gasteiger partial charge in [0, 0.05) is 13.1 Å². The predicted molar refractivity (Wildman–Crippen MR) is 74.8 cm³/mol. The number of carboxylic acids is 1. The topological polar surface area (TPSA) is 69.2 Å². The monoisotopic (exact) mass is 278 g/mol. The lowest BCUT2D eigenvalue weighted by atomic mass is 10.2. The SMILES string of the molecule is CCN(CC)c1nc(C)nc2sc(C(=O)[O-])c(C)c12. The number of hydrogen-bond acceptors (Lipinski definition) is 6. The van der Waals surface area contributed by atoms with Crippen LogP contribution < -0.4 is 10.0 Å². The number of nitrogens with zero attached hydrogens (tertiary/aromatic N) is 3. The molecule has 2 aromatic heterocycles. The first-order valence-electron chi connectivity index (χ1n) is 6.23. The van der Waals surface area contributed by atoms with Crippen LogP contribution in [0.5, 0.6) is 0 Å². The van der Waals surface area contributed by atoms with E-state index in [0.717, 1.165) is 35.6 Å². The molecule has 0 amide bonds. The van der Waals surface area contributed by atoms with Crippen LogP contribution in [0, 0.1) is 13.8 Å². The van der Waals surface area contributed by atoms with E-state index in [9.17, 15) is 9.90 Å². The van der Waals surface area contributed by atoms with Gasteiger partial charge in [0.15, 0.2) is 0 Å². The molecular weight excluding hydrogens is 262 g/mol. The molecule has 0 bridgehead atoms. The van der Waals surface area contributed by atoms with Crippen LogP contribution in [0.4, 0.5) is 5.82 Å². The zero-order chi connectivity index (χ0) is 14.2. The summed E-state index contributed by atoms with van der Waals surface area (Å²) in [5.41, 5.74) is 0.696. The molecule has 0 saturated heterocycles. The average Bonchev–Trinajstić information content (AvgIpc) is 2.68. The molecule has 0 aromatic carbocycles. The number of rotatable bonds is 4. The fraction of sp³-hybridized carbons (Fsp3) is 0.462. The summed E-state index contributed by atoms with van der Waals surface area (Å²) in [4.78, 5) is 23.0. The highest BCUT2D eigenvalue weighted by Gasteiger charge is 2.18. The van der Waals surface area contributed by atoms with Gasteiger partial charge in [0.1, 0.15) is 16.5 Å². The molecule has 0 atom stereocenters. The van der Waals surface area contributed by atoms with Gasteiger partial charge in [-0.05, 0) is 33.3 Å². The van der Waals surface area contributed by atoms with Crippen LogP contribution >= 0.6 is 11.3 Å². The molecule has 2 rings (SSSR count). The van der Waals surface area contributed by atoms with Gasteiger partial charge in [-0.3, -0.25) is 0 Å². The number of hydrogen-bond donors (Lipinski definition) is 0. The first-order chi connectivity index (χ1) is 8.99. The summed E-state index contributed by atoms with van der Waals surface area (Å²) in [5, 5.41) is 12.0. The third-order valence-corrected chi connectivity index (χ3v) is 4.30. The Bertz CT molecular complexity index is 632. The second kappa shape index (κ2) is 5.13. The quantitative estimate of drug-likeness (QED) is 0.848. The lowest BCUT2D eigenvalue weighted by Gasteiger charge is -2.21. The van der Waals surface area contributed by atoms with Crippen LogP contribution in [0.1, 0.15) is 34.9 Å². The largest absolute Gasteiger partial charge is 0.544 e. The van der Waals surface area contributed by atoms with Gasteiger partial charge in [0.2, 0.25) is 0 Å². The van der Waals surface area contributed by atoms with Crippen LogP contribution in [0.25, 0.3) is 10.2 Å². The van der Waals surface area contributed by atoms with Gasteiger partial charge in [-0.1, -0.05) is 0 Å². The summed E-state index contributed by atoms with van der Waals surface area (Å²) >= 11 is 1.16. The number of carboxylic acid groups (broad SMARTS) is 1. The van der Waals surface area contributed by atoms with Gasteiger partial charge >= 0.3 is 0 Å². The summed E-state index contributed by atoms with van der Waals surface area (Å²) in [6.07, 6.45) is 0. The minimum atomic E-state index is -1.15. The van der Waals surface area contributed by atoms with Gasteiger partial charge in [-0.25, -0.2) is 9.97 Å². The van der Waals surface area contributed by atoms with E-state index in [-0.39, 0.29) is 4.88 Å². The number of aromatic carboxylic acids is 1. The maximum Gasteiger partial charge on any atom is 0.141 e. The van der Waals surface area contributed by atoms with E-state index in [1.54, 1.807) is 6.92 Å². The van der Waals surface area contributed by atoms with Crippen molar-refractivity contribution in [3.8, 4) is 0 Å². The number of thiophene rings is 1. The Kier molecular flexibility index (Phi) is 3.71. The Morgan fingerprint density at radius 1 is 1.26 bits per heavy atom. The van der Waals surface area contributed by atoms with E-state index < -0.39 is 5.97 Å². The molecule has 6 heteroatoms. The van der Waals surface area contributed by atoms with Gasteiger partial charge in [-0.2, -0.15) is 0 Å². The number of carbonyl (C=O) groups excluding carboxylic acids is 1. The van der Waals surface area contributed by atoms with Gasteiger partial charge in [0.05, 0.1) is 16.2 Å². The molecule has 0 aliphatic heterocycles. The zero-order valence-electron chi connectivity index (χ0n) is 11.5. The van der Waals surface area contributed by atoms with Crippen LogP contribution in [-0.4, -0.2) is 29.0 Å². The normalized spacial score (nSPS) is 10.9. The Morgan fingerprint density at radius 3 is 2.42 bits per heavy atom. The third kappa shape index (κ3) is 2.28. The van der Waals surface area contributed by atoms with E-state index >= 15 is 0 Å². The maximum atomic E-state index is 11.1. The third-order valence-electron chi connectivity index (χ3n) is 3.13.